The molecule has 23 heavy (non-hydrogen) atoms. The van der Waals surface area contributed by atoms with Crippen molar-refractivity contribution in [3.8, 4) is 34.6 Å². The van der Waals surface area contributed by atoms with Crippen molar-refractivity contribution in [2.75, 3.05) is 20.3 Å². The Kier molecular flexibility index (Phi) is 3.09. The molecule has 4 rings (SSSR count). The summed E-state index contributed by atoms with van der Waals surface area (Å²) in [6, 6.07) is 13.6. The number of rotatable bonds is 2. The van der Waals surface area contributed by atoms with E-state index in [-0.39, 0.29) is 0 Å². The smallest absolute Gasteiger partial charge is 0.162 e. The van der Waals surface area contributed by atoms with Crippen LogP contribution in [0.4, 0.5) is 0 Å². The molecule has 2 heterocycles. The van der Waals surface area contributed by atoms with Gasteiger partial charge in [-0.2, -0.15) is 5.26 Å². The Bertz CT molecular complexity index is 937. The second-order valence-electron chi connectivity index (χ2n) is 5.26. The lowest BCUT2D eigenvalue weighted by Gasteiger charge is -2.18. The van der Waals surface area contributed by atoms with Crippen molar-refractivity contribution < 1.29 is 14.2 Å². The number of benzene rings is 2. The highest BCUT2D eigenvalue weighted by Crippen LogP contribution is 2.37. The minimum Gasteiger partial charge on any atom is -0.497 e. The number of fused-ring (bicyclic) bond motifs is 2. The molecule has 5 heteroatoms. The van der Waals surface area contributed by atoms with Gasteiger partial charge in [-0.25, -0.2) is 0 Å². The van der Waals surface area contributed by atoms with Crippen molar-refractivity contribution in [1.82, 2.24) is 4.98 Å². The Balaban J connectivity index is 1.90. The molecule has 114 valence electrons. The zero-order valence-corrected chi connectivity index (χ0v) is 12.6. The van der Waals surface area contributed by atoms with E-state index in [2.05, 4.69) is 11.1 Å². The number of nitriles is 1. The number of methoxy groups -OCH3 is 1. The summed E-state index contributed by atoms with van der Waals surface area (Å²) in [5.74, 6) is 2.16. The molecule has 0 spiro atoms. The Morgan fingerprint density at radius 3 is 2.70 bits per heavy atom. The number of aromatic nitrogens is 1. The maximum absolute atomic E-state index is 9.60. The second kappa shape index (κ2) is 5.25. The minimum absolute atomic E-state index is 0.533. The van der Waals surface area contributed by atoms with Crippen LogP contribution < -0.4 is 14.2 Å². The van der Waals surface area contributed by atoms with Crippen LogP contribution in [0.3, 0.4) is 0 Å². The molecule has 0 atom stereocenters. The van der Waals surface area contributed by atoms with Crippen LogP contribution in [0.2, 0.25) is 0 Å². The van der Waals surface area contributed by atoms with Crippen LogP contribution in [0.15, 0.2) is 36.4 Å². The van der Waals surface area contributed by atoms with Crippen LogP contribution in [0.5, 0.6) is 17.2 Å². The SMILES string of the molecule is COc1ccc2[nH]c(-c3ccc4c(c3)OCCO4)c(C#N)c2c1. The van der Waals surface area contributed by atoms with Crippen LogP contribution in [-0.2, 0) is 0 Å². The highest BCUT2D eigenvalue weighted by atomic mass is 16.6. The third kappa shape index (κ3) is 2.16. The number of nitrogens with zero attached hydrogens (tertiary/aromatic N) is 1. The molecule has 1 aliphatic heterocycles. The third-order valence-electron chi connectivity index (χ3n) is 3.95. The molecule has 0 saturated heterocycles. The van der Waals surface area contributed by atoms with Crippen molar-refractivity contribution in [2.45, 2.75) is 0 Å². The summed E-state index contributed by atoms with van der Waals surface area (Å²) in [5, 5.41) is 10.4. The van der Waals surface area contributed by atoms with E-state index in [0.29, 0.717) is 24.5 Å². The molecule has 0 unspecified atom stereocenters. The fraction of sp³-hybridized carbons (Fsp3) is 0.167. The van der Waals surface area contributed by atoms with Gasteiger partial charge in [-0.3, -0.25) is 0 Å². The predicted octanol–water partition coefficient (Wildman–Crippen LogP) is 3.49. The third-order valence-corrected chi connectivity index (χ3v) is 3.95. The molecule has 0 fully saturated rings. The van der Waals surface area contributed by atoms with Crippen LogP contribution in [0.1, 0.15) is 5.56 Å². The first-order valence-electron chi connectivity index (χ1n) is 7.30. The molecular weight excluding hydrogens is 292 g/mol. The topological polar surface area (TPSA) is 67.3 Å². The lowest BCUT2D eigenvalue weighted by molar-refractivity contribution is 0.171. The first-order valence-corrected chi connectivity index (χ1v) is 7.30. The van der Waals surface area contributed by atoms with Crippen LogP contribution in [0.25, 0.3) is 22.2 Å². The number of hydrogen-bond donors (Lipinski definition) is 1. The summed E-state index contributed by atoms with van der Waals surface area (Å²) in [4.78, 5) is 3.32. The van der Waals surface area contributed by atoms with Gasteiger partial charge in [-0.1, -0.05) is 0 Å². The summed E-state index contributed by atoms with van der Waals surface area (Å²) in [5.41, 5.74) is 3.15. The quantitative estimate of drug-likeness (QED) is 0.787. The number of aromatic amines is 1. The molecule has 2 aromatic carbocycles. The lowest BCUT2D eigenvalue weighted by Crippen LogP contribution is -2.15. The van der Waals surface area contributed by atoms with Gasteiger partial charge in [0.2, 0.25) is 0 Å². The van der Waals surface area contributed by atoms with Crippen molar-refractivity contribution >= 4 is 10.9 Å². The monoisotopic (exact) mass is 306 g/mol. The summed E-state index contributed by atoms with van der Waals surface area (Å²) in [6.45, 7) is 1.09. The van der Waals surface area contributed by atoms with Crippen LogP contribution in [-0.4, -0.2) is 25.3 Å². The molecule has 0 bridgehead atoms. The molecule has 0 amide bonds. The van der Waals surface area contributed by atoms with Gasteiger partial charge in [0.05, 0.1) is 18.4 Å². The zero-order valence-electron chi connectivity index (χ0n) is 12.6. The maximum Gasteiger partial charge on any atom is 0.162 e. The number of hydrogen-bond acceptors (Lipinski definition) is 4. The minimum atomic E-state index is 0.533. The molecule has 0 radical (unpaired) electrons. The Morgan fingerprint density at radius 1 is 1.09 bits per heavy atom. The van der Waals surface area contributed by atoms with Crippen molar-refractivity contribution in [3.05, 3.63) is 42.0 Å². The van der Waals surface area contributed by atoms with Gasteiger partial charge in [0.25, 0.3) is 0 Å². The van der Waals surface area contributed by atoms with E-state index in [1.165, 1.54) is 0 Å². The van der Waals surface area contributed by atoms with Gasteiger partial charge < -0.3 is 19.2 Å². The highest BCUT2D eigenvalue weighted by molar-refractivity contribution is 5.94. The van der Waals surface area contributed by atoms with E-state index < -0.39 is 0 Å². The summed E-state index contributed by atoms with van der Waals surface area (Å²) < 4.78 is 16.4. The largest absolute Gasteiger partial charge is 0.497 e. The van der Waals surface area contributed by atoms with E-state index in [1.54, 1.807) is 7.11 Å². The van der Waals surface area contributed by atoms with Gasteiger partial charge in [0.15, 0.2) is 11.5 Å². The van der Waals surface area contributed by atoms with E-state index in [0.717, 1.165) is 33.7 Å². The summed E-state index contributed by atoms with van der Waals surface area (Å²) >= 11 is 0. The average Bonchev–Trinajstić information content (AvgIpc) is 2.98. The van der Waals surface area contributed by atoms with Crippen LogP contribution >= 0.6 is 0 Å². The van der Waals surface area contributed by atoms with E-state index in [9.17, 15) is 5.26 Å². The van der Waals surface area contributed by atoms with Crippen molar-refractivity contribution in [3.63, 3.8) is 0 Å². The second-order valence-corrected chi connectivity index (χ2v) is 5.26. The van der Waals surface area contributed by atoms with E-state index in [1.807, 2.05) is 36.4 Å². The first-order chi connectivity index (χ1) is 11.3. The fourth-order valence-corrected chi connectivity index (χ4v) is 2.83. The number of nitrogens with one attached hydrogen (secondary N) is 1. The number of ether oxygens (including phenoxy) is 3. The Morgan fingerprint density at radius 2 is 1.91 bits per heavy atom. The lowest BCUT2D eigenvalue weighted by atomic mass is 10.1. The maximum atomic E-state index is 9.60. The summed E-state index contributed by atoms with van der Waals surface area (Å²) in [7, 11) is 1.61. The first kappa shape index (κ1) is 13.5. The highest BCUT2D eigenvalue weighted by Gasteiger charge is 2.17. The molecule has 3 aromatic rings. The molecule has 1 N–H and O–H groups in total. The van der Waals surface area contributed by atoms with Gasteiger partial charge >= 0.3 is 0 Å². The van der Waals surface area contributed by atoms with Gasteiger partial charge in [-0.15, -0.1) is 0 Å². The van der Waals surface area contributed by atoms with E-state index in [4.69, 9.17) is 14.2 Å². The molecular formula is C18H14N2O3. The molecule has 5 nitrogen and oxygen atoms in total. The predicted molar refractivity (Wildman–Crippen MR) is 86.0 cm³/mol. The van der Waals surface area contributed by atoms with E-state index >= 15 is 0 Å². The van der Waals surface area contributed by atoms with Crippen molar-refractivity contribution in [1.29, 1.82) is 5.26 Å². The molecule has 1 aromatic heterocycles. The Labute approximate surface area is 133 Å². The standard InChI is InChI=1S/C18H14N2O3/c1-21-12-3-4-15-13(9-12)14(10-19)18(20-15)11-2-5-16-17(8-11)23-7-6-22-16/h2-5,8-9,20H,6-7H2,1H3. The van der Waals surface area contributed by atoms with Gasteiger partial charge in [0.1, 0.15) is 25.0 Å². The Hall–Kier alpha value is -3.13. The molecule has 0 aliphatic carbocycles. The fourth-order valence-electron chi connectivity index (χ4n) is 2.83. The van der Waals surface area contributed by atoms with Crippen molar-refractivity contribution in [2.24, 2.45) is 0 Å². The normalized spacial score (nSPS) is 12.9. The number of H-pyrrole nitrogens is 1. The molecule has 1 aliphatic rings. The zero-order chi connectivity index (χ0) is 15.8. The van der Waals surface area contributed by atoms with Crippen LogP contribution in [0, 0.1) is 11.3 Å². The molecule has 0 saturated carbocycles. The summed E-state index contributed by atoms with van der Waals surface area (Å²) in [6.07, 6.45) is 0. The average molecular weight is 306 g/mol. The van der Waals surface area contributed by atoms with Gasteiger partial charge in [-0.05, 0) is 36.4 Å². The van der Waals surface area contributed by atoms with Gasteiger partial charge in [0, 0.05) is 16.5 Å².